The molecule has 6 nitrogen and oxygen atoms in total. The average molecular weight is 437 g/mol. The van der Waals surface area contributed by atoms with Crippen molar-refractivity contribution >= 4 is 17.3 Å². The van der Waals surface area contributed by atoms with Gasteiger partial charge in [-0.05, 0) is 41.0 Å². The number of ether oxygens (including phenoxy) is 1. The van der Waals surface area contributed by atoms with Gasteiger partial charge in [0.2, 0.25) is 0 Å². The SMILES string of the molecule is Cn1cncc1CC(OCc1ccc(C(=O)O)c(-c2ccc(F)cc2)c1)c1nccs1. The molecule has 2 aromatic carbocycles. The molecule has 0 amide bonds. The van der Waals surface area contributed by atoms with Crippen molar-refractivity contribution in [3.8, 4) is 11.1 Å². The molecule has 1 N–H and O–H groups in total. The Morgan fingerprint density at radius 1 is 1.26 bits per heavy atom. The van der Waals surface area contributed by atoms with E-state index in [1.54, 1.807) is 49.1 Å². The van der Waals surface area contributed by atoms with Crippen LogP contribution in [-0.4, -0.2) is 25.6 Å². The molecule has 4 rings (SSSR count). The minimum atomic E-state index is -1.04. The largest absolute Gasteiger partial charge is 0.478 e. The predicted molar refractivity (Wildman–Crippen MR) is 115 cm³/mol. The number of rotatable bonds is 8. The summed E-state index contributed by atoms with van der Waals surface area (Å²) in [7, 11) is 1.93. The van der Waals surface area contributed by atoms with Crippen molar-refractivity contribution in [3.05, 3.63) is 94.2 Å². The Labute approximate surface area is 182 Å². The normalized spacial score (nSPS) is 12.1. The average Bonchev–Trinajstić information content (AvgIpc) is 3.43. The number of aryl methyl sites for hydroxylation is 1. The zero-order valence-corrected chi connectivity index (χ0v) is 17.6. The summed E-state index contributed by atoms with van der Waals surface area (Å²) in [4.78, 5) is 20.2. The molecular formula is C23H20FN3O3S. The van der Waals surface area contributed by atoms with Crippen LogP contribution in [0.5, 0.6) is 0 Å². The fourth-order valence-corrected chi connectivity index (χ4v) is 4.00. The van der Waals surface area contributed by atoms with Crippen molar-refractivity contribution in [3.63, 3.8) is 0 Å². The summed E-state index contributed by atoms with van der Waals surface area (Å²) in [5.74, 6) is -1.41. The number of hydrogen-bond donors (Lipinski definition) is 1. The Morgan fingerprint density at radius 2 is 2.06 bits per heavy atom. The number of aromatic carboxylic acids is 1. The van der Waals surface area contributed by atoms with E-state index in [1.807, 2.05) is 17.0 Å². The molecule has 31 heavy (non-hydrogen) atoms. The number of carboxylic acids is 1. The van der Waals surface area contributed by atoms with Crippen LogP contribution < -0.4 is 0 Å². The smallest absolute Gasteiger partial charge is 0.336 e. The van der Waals surface area contributed by atoms with Gasteiger partial charge in [-0.2, -0.15) is 0 Å². The van der Waals surface area contributed by atoms with Crippen molar-refractivity contribution in [1.29, 1.82) is 0 Å². The van der Waals surface area contributed by atoms with Gasteiger partial charge in [0.15, 0.2) is 0 Å². The zero-order chi connectivity index (χ0) is 21.8. The molecule has 0 saturated heterocycles. The van der Waals surface area contributed by atoms with Crippen molar-refractivity contribution in [2.24, 2.45) is 7.05 Å². The van der Waals surface area contributed by atoms with E-state index in [4.69, 9.17) is 4.74 Å². The number of benzene rings is 2. The van der Waals surface area contributed by atoms with Crippen LogP contribution in [0.4, 0.5) is 4.39 Å². The fourth-order valence-electron chi connectivity index (χ4n) is 3.32. The van der Waals surface area contributed by atoms with Gasteiger partial charge in [-0.15, -0.1) is 11.3 Å². The molecule has 0 bridgehead atoms. The van der Waals surface area contributed by atoms with Gasteiger partial charge in [-0.3, -0.25) is 0 Å². The van der Waals surface area contributed by atoms with Crippen molar-refractivity contribution in [1.82, 2.24) is 14.5 Å². The van der Waals surface area contributed by atoms with Gasteiger partial charge in [-0.25, -0.2) is 19.2 Å². The molecule has 2 heterocycles. The van der Waals surface area contributed by atoms with Gasteiger partial charge in [0, 0.05) is 36.9 Å². The maximum absolute atomic E-state index is 13.3. The second kappa shape index (κ2) is 9.20. The summed E-state index contributed by atoms with van der Waals surface area (Å²) >= 11 is 1.52. The lowest BCUT2D eigenvalue weighted by atomic mass is 9.97. The van der Waals surface area contributed by atoms with Gasteiger partial charge >= 0.3 is 5.97 Å². The number of thiazole rings is 1. The van der Waals surface area contributed by atoms with Crippen molar-refractivity contribution in [2.75, 3.05) is 0 Å². The van der Waals surface area contributed by atoms with Crippen LogP contribution in [-0.2, 0) is 24.8 Å². The molecule has 0 aliphatic carbocycles. The van der Waals surface area contributed by atoms with Gasteiger partial charge in [0.05, 0.1) is 18.5 Å². The molecule has 1 atom stereocenters. The zero-order valence-electron chi connectivity index (χ0n) is 16.7. The van der Waals surface area contributed by atoms with Crippen LogP contribution in [0.1, 0.15) is 32.7 Å². The Bertz CT molecular complexity index is 1170. The maximum atomic E-state index is 13.3. The van der Waals surface area contributed by atoms with E-state index in [2.05, 4.69) is 9.97 Å². The number of carbonyl (C=O) groups is 1. The molecule has 1 unspecified atom stereocenters. The second-order valence-electron chi connectivity index (χ2n) is 7.06. The van der Waals surface area contributed by atoms with Crippen molar-refractivity contribution in [2.45, 2.75) is 19.1 Å². The number of nitrogens with zero attached hydrogens (tertiary/aromatic N) is 3. The highest BCUT2D eigenvalue weighted by Gasteiger charge is 2.19. The number of imidazole rings is 1. The first-order valence-electron chi connectivity index (χ1n) is 9.59. The molecule has 4 aromatic rings. The van der Waals surface area contributed by atoms with Gasteiger partial charge in [-0.1, -0.05) is 18.2 Å². The molecule has 0 fully saturated rings. The van der Waals surface area contributed by atoms with Crippen LogP contribution >= 0.6 is 11.3 Å². The lowest BCUT2D eigenvalue weighted by Crippen LogP contribution is -2.10. The van der Waals surface area contributed by atoms with E-state index in [9.17, 15) is 14.3 Å². The lowest BCUT2D eigenvalue weighted by Gasteiger charge is -2.17. The minimum absolute atomic E-state index is 0.154. The monoisotopic (exact) mass is 437 g/mol. The lowest BCUT2D eigenvalue weighted by molar-refractivity contribution is 0.0387. The molecule has 8 heteroatoms. The fraction of sp³-hybridized carbons (Fsp3) is 0.174. The van der Waals surface area contributed by atoms with E-state index in [-0.39, 0.29) is 24.1 Å². The third-order valence-electron chi connectivity index (χ3n) is 4.96. The Kier molecular flexibility index (Phi) is 6.20. The van der Waals surface area contributed by atoms with Crippen LogP contribution in [0.15, 0.2) is 66.6 Å². The second-order valence-corrected chi connectivity index (χ2v) is 7.99. The topological polar surface area (TPSA) is 77.2 Å². The number of hydrogen-bond acceptors (Lipinski definition) is 5. The first kappa shape index (κ1) is 20.9. The van der Waals surface area contributed by atoms with Gasteiger partial charge in [0.25, 0.3) is 0 Å². The van der Waals surface area contributed by atoms with Crippen LogP contribution in [0.25, 0.3) is 11.1 Å². The van der Waals surface area contributed by atoms with Crippen LogP contribution in [0.3, 0.4) is 0 Å². The standard InChI is InChI=1S/C23H20FN3O3S/c1-27-14-25-12-18(27)11-21(22-26-8-9-31-22)30-13-15-2-7-19(23(28)29)20(10-15)16-3-5-17(24)6-4-16/h2-10,12,14,21H,11,13H2,1H3,(H,28,29). The highest BCUT2D eigenvalue weighted by molar-refractivity contribution is 7.09. The summed E-state index contributed by atoms with van der Waals surface area (Å²) in [6.07, 6.45) is 5.64. The Hall–Kier alpha value is -3.36. The highest BCUT2D eigenvalue weighted by atomic mass is 32.1. The molecular weight excluding hydrogens is 417 g/mol. The summed E-state index contributed by atoms with van der Waals surface area (Å²) in [6.45, 7) is 0.274. The quantitative estimate of drug-likeness (QED) is 0.425. The first-order valence-corrected chi connectivity index (χ1v) is 10.5. The number of halogens is 1. The first-order chi connectivity index (χ1) is 15.0. The maximum Gasteiger partial charge on any atom is 0.336 e. The third-order valence-corrected chi connectivity index (χ3v) is 5.83. The third kappa shape index (κ3) is 4.87. The number of aromatic nitrogens is 3. The summed E-state index contributed by atoms with van der Waals surface area (Å²) in [5.41, 5.74) is 3.14. The summed E-state index contributed by atoms with van der Waals surface area (Å²) in [5, 5.41) is 12.3. The van der Waals surface area contributed by atoms with Gasteiger partial charge in [0.1, 0.15) is 16.9 Å². The summed E-state index contributed by atoms with van der Waals surface area (Å²) < 4.78 is 21.5. The van der Waals surface area contributed by atoms with Gasteiger partial charge < -0.3 is 14.4 Å². The van der Waals surface area contributed by atoms with Crippen LogP contribution in [0.2, 0.25) is 0 Å². The number of carboxylic acid groups (broad SMARTS) is 1. The van der Waals surface area contributed by atoms with Crippen molar-refractivity contribution < 1.29 is 19.0 Å². The van der Waals surface area contributed by atoms with E-state index < -0.39 is 5.97 Å². The Morgan fingerprint density at radius 3 is 2.71 bits per heavy atom. The molecule has 0 radical (unpaired) electrons. The molecule has 0 aliphatic rings. The Balaban J connectivity index is 1.59. The van der Waals surface area contributed by atoms with E-state index in [1.165, 1.54) is 23.5 Å². The van der Waals surface area contributed by atoms with E-state index in [0.717, 1.165) is 16.3 Å². The van der Waals surface area contributed by atoms with Crippen LogP contribution in [0, 0.1) is 5.82 Å². The molecule has 0 saturated carbocycles. The summed E-state index contributed by atoms with van der Waals surface area (Å²) in [6, 6.07) is 10.8. The molecule has 0 aliphatic heterocycles. The molecule has 0 spiro atoms. The minimum Gasteiger partial charge on any atom is -0.478 e. The van der Waals surface area contributed by atoms with E-state index >= 15 is 0 Å². The van der Waals surface area contributed by atoms with E-state index in [0.29, 0.717) is 17.5 Å². The molecule has 158 valence electrons. The highest BCUT2D eigenvalue weighted by Crippen LogP contribution is 2.29. The predicted octanol–water partition coefficient (Wildman–Crippen LogP) is 4.88. The molecule has 2 aromatic heterocycles.